The number of amides is 3. The summed E-state index contributed by atoms with van der Waals surface area (Å²) in [5, 5.41) is 5.72. The van der Waals surface area contributed by atoms with E-state index in [1.165, 1.54) is 0 Å². The molecular formula is C31H43N3O6. The van der Waals surface area contributed by atoms with Gasteiger partial charge in [-0.05, 0) is 56.4 Å². The van der Waals surface area contributed by atoms with Gasteiger partial charge in [0.15, 0.2) is 0 Å². The Morgan fingerprint density at radius 2 is 1.55 bits per heavy atom. The second-order valence-electron chi connectivity index (χ2n) is 11.4. The maximum Gasteiger partial charge on any atom is 0.329 e. The Morgan fingerprint density at radius 1 is 0.900 bits per heavy atom. The molecule has 9 nitrogen and oxygen atoms in total. The molecular weight excluding hydrogens is 510 g/mol. The molecule has 3 rings (SSSR count). The van der Waals surface area contributed by atoms with Crippen molar-refractivity contribution in [2.24, 2.45) is 5.92 Å². The predicted octanol–water partition coefficient (Wildman–Crippen LogP) is 4.09. The molecule has 218 valence electrons. The highest BCUT2D eigenvalue weighted by molar-refractivity contribution is 5.90. The minimum Gasteiger partial charge on any atom is -0.489 e. The van der Waals surface area contributed by atoms with E-state index in [0.29, 0.717) is 45.1 Å². The molecule has 0 aromatic heterocycles. The van der Waals surface area contributed by atoms with Gasteiger partial charge >= 0.3 is 12.0 Å². The molecule has 0 saturated carbocycles. The Labute approximate surface area is 237 Å². The average molecular weight is 554 g/mol. The molecule has 2 aromatic rings. The third-order valence-corrected chi connectivity index (χ3v) is 6.24. The molecule has 1 aliphatic rings. The van der Waals surface area contributed by atoms with Crippen molar-refractivity contribution in [2.45, 2.75) is 71.8 Å². The van der Waals surface area contributed by atoms with Gasteiger partial charge in [-0.15, -0.1) is 0 Å². The number of carbonyl (C=O) groups excluding carboxylic acids is 3. The molecule has 1 saturated heterocycles. The number of urea groups is 1. The lowest BCUT2D eigenvalue weighted by atomic mass is 10.0. The molecule has 2 N–H and O–H groups in total. The van der Waals surface area contributed by atoms with Crippen molar-refractivity contribution in [3.63, 3.8) is 0 Å². The van der Waals surface area contributed by atoms with E-state index >= 15 is 0 Å². The van der Waals surface area contributed by atoms with Crippen LogP contribution in [0.3, 0.4) is 0 Å². The summed E-state index contributed by atoms with van der Waals surface area (Å²) in [5.74, 6) is -0.112. The monoisotopic (exact) mass is 553 g/mol. The molecule has 0 aliphatic carbocycles. The van der Waals surface area contributed by atoms with E-state index in [4.69, 9.17) is 14.2 Å². The van der Waals surface area contributed by atoms with Crippen LogP contribution in [0.4, 0.5) is 4.79 Å². The SMILES string of the molecule is CC(C)C[C@H](NC(=O)N1CCOCC1)C(=O)N[C@@H](Cc1ccc(OCc2ccccc2)cc1)C(=O)OC(C)(C)C. The summed E-state index contributed by atoms with van der Waals surface area (Å²) < 4.78 is 16.8. The first-order valence-corrected chi connectivity index (χ1v) is 13.9. The van der Waals surface area contributed by atoms with Crippen LogP contribution >= 0.6 is 0 Å². The van der Waals surface area contributed by atoms with Gasteiger partial charge in [0, 0.05) is 19.5 Å². The number of ether oxygens (including phenoxy) is 3. The Kier molecular flexibility index (Phi) is 11.4. The number of esters is 1. The first-order valence-electron chi connectivity index (χ1n) is 13.9. The fraction of sp³-hybridized carbons (Fsp3) is 0.516. The molecule has 1 heterocycles. The van der Waals surface area contributed by atoms with Crippen molar-refractivity contribution in [1.29, 1.82) is 0 Å². The van der Waals surface area contributed by atoms with Crippen molar-refractivity contribution in [3.8, 4) is 5.75 Å². The van der Waals surface area contributed by atoms with Crippen LogP contribution in [-0.2, 0) is 32.1 Å². The minimum absolute atomic E-state index is 0.143. The zero-order chi connectivity index (χ0) is 29.1. The fourth-order valence-electron chi connectivity index (χ4n) is 4.25. The summed E-state index contributed by atoms with van der Waals surface area (Å²) >= 11 is 0. The number of carbonyl (C=O) groups is 3. The van der Waals surface area contributed by atoms with E-state index in [1.807, 2.05) is 68.4 Å². The Morgan fingerprint density at radius 3 is 2.15 bits per heavy atom. The third kappa shape index (κ3) is 10.5. The second-order valence-corrected chi connectivity index (χ2v) is 11.4. The highest BCUT2D eigenvalue weighted by Crippen LogP contribution is 2.17. The van der Waals surface area contributed by atoms with Gasteiger partial charge in [-0.2, -0.15) is 0 Å². The summed E-state index contributed by atoms with van der Waals surface area (Å²) in [7, 11) is 0. The quantitative estimate of drug-likeness (QED) is 0.406. The van der Waals surface area contributed by atoms with Crippen molar-refractivity contribution < 1.29 is 28.6 Å². The highest BCUT2D eigenvalue weighted by atomic mass is 16.6. The van der Waals surface area contributed by atoms with Gasteiger partial charge in [-0.3, -0.25) is 4.79 Å². The van der Waals surface area contributed by atoms with E-state index in [1.54, 1.807) is 25.7 Å². The Bertz CT molecular complexity index is 1090. The van der Waals surface area contributed by atoms with E-state index in [0.717, 1.165) is 11.1 Å². The highest BCUT2D eigenvalue weighted by Gasteiger charge is 2.31. The van der Waals surface area contributed by atoms with Crippen LogP contribution in [0, 0.1) is 5.92 Å². The van der Waals surface area contributed by atoms with Gasteiger partial charge < -0.3 is 29.7 Å². The van der Waals surface area contributed by atoms with Crippen LogP contribution in [0.25, 0.3) is 0 Å². The van der Waals surface area contributed by atoms with Crippen LogP contribution in [0.15, 0.2) is 54.6 Å². The summed E-state index contributed by atoms with van der Waals surface area (Å²) in [6, 6.07) is 15.3. The normalized spacial score (nSPS) is 15.2. The number of nitrogens with one attached hydrogen (secondary N) is 2. The topological polar surface area (TPSA) is 106 Å². The molecule has 1 aliphatic heterocycles. The zero-order valence-corrected chi connectivity index (χ0v) is 24.3. The lowest BCUT2D eigenvalue weighted by Crippen LogP contribution is -2.56. The Balaban J connectivity index is 1.69. The predicted molar refractivity (Wildman–Crippen MR) is 153 cm³/mol. The number of hydrogen-bond donors (Lipinski definition) is 2. The lowest BCUT2D eigenvalue weighted by molar-refractivity contribution is -0.158. The molecule has 0 unspecified atom stereocenters. The summed E-state index contributed by atoms with van der Waals surface area (Å²) in [4.78, 5) is 41.1. The van der Waals surface area contributed by atoms with Crippen LogP contribution in [0.2, 0.25) is 0 Å². The van der Waals surface area contributed by atoms with E-state index in [-0.39, 0.29) is 18.4 Å². The molecule has 1 fully saturated rings. The maximum atomic E-state index is 13.4. The molecule has 40 heavy (non-hydrogen) atoms. The fourth-order valence-corrected chi connectivity index (χ4v) is 4.25. The second kappa shape index (κ2) is 14.7. The zero-order valence-electron chi connectivity index (χ0n) is 24.3. The smallest absolute Gasteiger partial charge is 0.329 e. The third-order valence-electron chi connectivity index (χ3n) is 6.24. The first-order chi connectivity index (χ1) is 19.0. The van der Waals surface area contributed by atoms with Gasteiger partial charge in [-0.1, -0.05) is 56.3 Å². The van der Waals surface area contributed by atoms with E-state index in [9.17, 15) is 14.4 Å². The summed E-state index contributed by atoms with van der Waals surface area (Å²) in [5.41, 5.74) is 1.17. The summed E-state index contributed by atoms with van der Waals surface area (Å²) in [6.07, 6.45) is 0.655. The van der Waals surface area contributed by atoms with Crippen LogP contribution < -0.4 is 15.4 Å². The average Bonchev–Trinajstić information content (AvgIpc) is 2.91. The van der Waals surface area contributed by atoms with Gasteiger partial charge in [0.05, 0.1) is 13.2 Å². The molecule has 2 aromatic carbocycles. The number of rotatable bonds is 11. The van der Waals surface area contributed by atoms with E-state index in [2.05, 4.69) is 10.6 Å². The van der Waals surface area contributed by atoms with Crippen LogP contribution in [0.5, 0.6) is 5.75 Å². The van der Waals surface area contributed by atoms with Crippen molar-refractivity contribution in [1.82, 2.24) is 15.5 Å². The molecule has 9 heteroatoms. The van der Waals surface area contributed by atoms with Crippen LogP contribution in [0.1, 0.15) is 52.2 Å². The molecule has 2 atom stereocenters. The molecule has 0 spiro atoms. The van der Waals surface area contributed by atoms with Gasteiger partial charge in [0.1, 0.15) is 30.0 Å². The van der Waals surface area contributed by atoms with Crippen LogP contribution in [-0.4, -0.2) is 66.8 Å². The molecule has 3 amide bonds. The molecule has 0 radical (unpaired) electrons. The maximum absolute atomic E-state index is 13.4. The van der Waals surface area contributed by atoms with Gasteiger partial charge in [0.25, 0.3) is 0 Å². The van der Waals surface area contributed by atoms with Crippen molar-refractivity contribution in [3.05, 3.63) is 65.7 Å². The van der Waals surface area contributed by atoms with Gasteiger partial charge in [0.2, 0.25) is 5.91 Å². The number of benzene rings is 2. The number of hydrogen-bond acceptors (Lipinski definition) is 6. The molecule has 0 bridgehead atoms. The largest absolute Gasteiger partial charge is 0.489 e. The first kappa shape index (κ1) is 30.9. The van der Waals surface area contributed by atoms with Crippen molar-refractivity contribution in [2.75, 3.05) is 26.3 Å². The lowest BCUT2D eigenvalue weighted by Gasteiger charge is -2.30. The number of nitrogens with zero attached hydrogens (tertiary/aromatic N) is 1. The standard InChI is InChI=1S/C31H43N3O6/c1-22(2)19-26(33-30(37)34-15-17-38-18-16-34)28(35)32-27(29(36)40-31(3,4)5)20-23-11-13-25(14-12-23)39-21-24-9-7-6-8-10-24/h6-14,22,26-27H,15-21H2,1-5H3,(H,32,35)(H,33,37)/t26-,27-/m0/s1. The number of morpholine rings is 1. The van der Waals surface area contributed by atoms with Gasteiger partial charge in [-0.25, -0.2) is 9.59 Å². The summed E-state index contributed by atoms with van der Waals surface area (Å²) in [6.45, 7) is 11.6. The minimum atomic E-state index is -0.933. The van der Waals surface area contributed by atoms with E-state index < -0.39 is 29.6 Å². The van der Waals surface area contributed by atoms with Crippen molar-refractivity contribution >= 4 is 17.9 Å². The Hall–Kier alpha value is -3.59.